The van der Waals surface area contributed by atoms with E-state index in [0.29, 0.717) is 0 Å². The van der Waals surface area contributed by atoms with E-state index in [1.807, 2.05) is 0 Å². The Balaban J connectivity index is 2.14. The molecule has 0 atom stereocenters. The van der Waals surface area contributed by atoms with Crippen molar-refractivity contribution in [3.63, 3.8) is 0 Å². The number of hydrogen-bond acceptors (Lipinski definition) is 0. The Morgan fingerprint density at radius 3 is 1.58 bits per heavy atom. The first-order valence-electron chi connectivity index (χ1n) is 8.42. The summed E-state index contributed by atoms with van der Waals surface area (Å²) in [7, 11) is -0.0613. The summed E-state index contributed by atoms with van der Waals surface area (Å²) in [5.41, 5.74) is 2.95. The van der Waals surface area contributed by atoms with Crippen molar-refractivity contribution in [1.82, 2.24) is 0 Å². The highest BCUT2D eigenvalue weighted by Crippen LogP contribution is 2.34. The summed E-state index contributed by atoms with van der Waals surface area (Å²) in [5.74, 6) is 0. The number of rotatable bonds is 3. The van der Waals surface area contributed by atoms with Gasteiger partial charge in [0.1, 0.15) is 0 Å². The standard InChI is InChI=1S/C23H25S/c1-18-17-19(23(2,3)4)15-16-22(18)24(20-11-7-5-8-12-20)21-13-9-6-10-14-21/h5-17H,1-4H3/q+1. The van der Waals surface area contributed by atoms with E-state index >= 15 is 0 Å². The quantitative estimate of drug-likeness (QED) is 0.487. The third-order valence-electron chi connectivity index (χ3n) is 4.22. The molecule has 0 spiro atoms. The lowest BCUT2D eigenvalue weighted by Crippen LogP contribution is -2.13. The Morgan fingerprint density at radius 2 is 1.17 bits per heavy atom. The van der Waals surface area contributed by atoms with Crippen LogP contribution in [-0.2, 0) is 16.3 Å². The third-order valence-corrected chi connectivity index (χ3v) is 6.60. The minimum Gasteiger partial charge on any atom is -0.0619 e. The van der Waals surface area contributed by atoms with Crippen LogP contribution in [0.4, 0.5) is 0 Å². The fourth-order valence-electron chi connectivity index (χ4n) is 2.85. The molecule has 0 fully saturated rings. The summed E-state index contributed by atoms with van der Waals surface area (Å²) in [6.07, 6.45) is 0. The van der Waals surface area contributed by atoms with Crippen molar-refractivity contribution >= 4 is 10.9 Å². The molecule has 3 rings (SSSR count). The predicted octanol–water partition coefficient (Wildman–Crippen LogP) is 6.39. The molecule has 0 aliphatic carbocycles. The van der Waals surface area contributed by atoms with E-state index in [9.17, 15) is 0 Å². The Kier molecular flexibility index (Phi) is 4.82. The molecule has 24 heavy (non-hydrogen) atoms. The summed E-state index contributed by atoms with van der Waals surface area (Å²) in [5, 5.41) is 0. The van der Waals surface area contributed by atoms with Crippen molar-refractivity contribution in [2.24, 2.45) is 0 Å². The molecule has 3 aromatic rings. The molecule has 1 heteroatoms. The number of hydrogen-bond donors (Lipinski definition) is 0. The summed E-state index contributed by atoms with van der Waals surface area (Å²) in [4.78, 5) is 4.16. The van der Waals surface area contributed by atoms with Crippen LogP contribution in [0.2, 0.25) is 0 Å². The van der Waals surface area contributed by atoms with Crippen LogP contribution in [0.5, 0.6) is 0 Å². The van der Waals surface area contributed by atoms with Crippen molar-refractivity contribution in [2.45, 2.75) is 47.8 Å². The zero-order chi connectivity index (χ0) is 17.2. The molecule has 0 amide bonds. The van der Waals surface area contributed by atoms with Gasteiger partial charge in [0.2, 0.25) is 0 Å². The van der Waals surface area contributed by atoms with Gasteiger partial charge in [0, 0.05) is 5.56 Å². The Morgan fingerprint density at radius 1 is 0.667 bits per heavy atom. The van der Waals surface area contributed by atoms with E-state index in [1.54, 1.807) is 0 Å². The molecule has 0 saturated carbocycles. The molecule has 0 N–H and O–H groups in total. The second-order valence-electron chi connectivity index (χ2n) is 7.16. The average molecular weight is 334 g/mol. The van der Waals surface area contributed by atoms with Gasteiger partial charge in [-0.15, -0.1) is 0 Å². The highest BCUT2D eigenvalue weighted by molar-refractivity contribution is 7.97. The highest BCUT2D eigenvalue weighted by Gasteiger charge is 2.30. The molecule has 0 aromatic heterocycles. The second kappa shape index (κ2) is 6.86. The van der Waals surface area contributed by atoms with E-state index in [2.05, 4.69) is 107 Å². The fraction of sp³-hybridized carbons (Fsp3) is 0.217. The smallest absolute Gasteiger partial charge is 0.0619 e. The van der Waals surface area contributed by atoms with Crippen LogP contribution in [0.3, 0.4) is 0 Å². The number of aryl methyl sites for hydroxylation is 1. The van der Waals surface area contributed by atoms with Crippen LogP contribution in [-0.4, -0.2) is 0 Å². The molecule has 0 aliphatic heterocycles. The SMILES string of the molecule is Cc1cc(C(C)(C)C)ccc1[S+](c1ccccc1)c1ccccc1. The maximum absolute atomic E-state index is 2.36. The summed E-state index contributed by atoms with van der Waals surface area (Å²) < 4.78 is 0. The molecule has 0 saturated heterocycles. The molecule has 0 radical (unpaired) electrons. The van der Waals surface area contributed by atoms with Gasteiger partial charge >= 0.3 is 0 Å². The molecule has 0 bridgehead atoms. The van der Waals surface area contributed by atoms with Gasteiger partial charge < -0.3 is 0 Å². The third kappa shape index (κ3) is 3.57. The first kappa shape index (κ1) is 16.9. The van der Waals surface area contributed by atoms with E-state index in [1.165, 1.54) is 25.8 Å². The lowest BCUT2D eigenvalue weighted by atomic mass is 9.86. The molecule has 0 heterocycles. The largest absolute Gasteiger partial charge is 0.169 e. The van der Waals surface area contributed by atoms with E-state index in [4.69, 9.17) is 0 Å². The topological polar surface area (TPSA) is 0 Å². The van der Waals surface area contributed by atoms with Crippen molar-refractivity contribution in [3.8, 4) is 0 Å². The first-order valence-corrected chi connectivity index (χ1v) is 9.65. The maximum atomic E-state index is 2.36. The molecule has 3 aromatic carbocycles. The van der Waals surface area contributed by atoms with E-state index < -0.39 is 0 Å². The van der Waals surface area contributed by atoms with Gasteiger partial charge in [0.05, 0.1) is 10.9 Å². The molecular weight excluding hydrogens is 308 g/mol. The molecule has 0 unspecified atom stereocenters. The molecule has 0 nitrogen and oxygen atoms in total. The normalized spacial score (nSPS) is 11.7. The Bertz CT molecular complexity index is 759. The van der Waals surface area contributed by atoms with Crippen molar-refractivity contribution in [3.05, 3.63) is 90.0 Å². The van der Waals surface area contributed by atoms with Crippen molar-refractivity contribution in [1.29, 1.82) is 0 Å². The number of benzene rings is 3. The lowest BCUT2D eigenvalue weighted by Gasteiger charge is -2.20. The molecule has 122 valence electrons. The zero-order valence-electron chi connectivity index (χ0n) is 14.9. The van der Waals surface area contributed by atoms with Crippen LogP contribution in [0, 0.1) is 6.92 Å². The van der Waals surface area contributed by atoms with Gasteiger partial charge in [-0.1, -0.05) is 69.3 Å². The zero-order valence-corrected chi connectivity index (χ0v) is 15.7. The fourth-order valence-corrected chi connectivity index (χ4v) is 5.07. The minimum atomic E-state index is -0.0613. The van der Waals surface area contributed by atoms with Gasteiger partial charge in [0.25, 0.3) is 0 Å². The first-order chi connectivity index (χ1) is 11.5. The van der Waals surface area contributed by atoms with E-state index in [0.717, 1.165) is 0 Å². The summed E-state index contributed by atoms with van der Waals surface area (Å²) >= 11 is 0. The van der Waals surface area contributed by atoms with Crippen LogP contribution >= 0.6 is 0 Å². The monoisotopic (exact) mass is 333 g/mol. The predicted molar refractivity (Wildman–Crippen MR) is 105 cm³/mol. The van der Waals surface area contributed by atoms with Crippen LogP contribution < -0.4 is 0 Å². The summed E-state index contributed by atoms with van der Waals surface area (Å²) in [6, 6.07) is 28.7. The van der Waals surface area contributed by atoms with Crippen LogP contribution in [0.25, 0.3) is 0 Å². The highest BCUT2D eigenvalue weighted by atomic mass is 32.2. The van der Waals surface area contributed by atoms with Crippen LogP contribution in [0.15, 0.2) is 93.5 Å². The van der Waals surface area contributed by atoms with Crippen LogP contribution in [0.1, 0.15) is 31.9 Å². The van der Waals surface area contributed by atoms with Gasteiger partial charge in [-0.25, -0.2) is 0 Å². The van der Waals surface area contributed by atoms with E-state index in [-0.39, 0.29) is 16.3 Å². The van der Waals surface area contributed by atoms with Gasteiger partial charge in [-0.05, 0) is 48.2 Å². The lowest BCUT2D eigenvalue weighted by molar-refractivity contribution is 0.589. The molecular formula is C23H25S+. The van der Waals surface area contributed by atoms with Crippen molar-refractivity contribution in [2.75, 3.05) is 0 Å². The Labute approximate surface area is 148 Å². The van der Waals surface area contributed by atoms with Crippen molar-refractivity contribution < 1.29 is 0 Å². The van der Waals surface area contributed by atoms with Gasteiger partial charge in [-0.2, -0.15) is 0 Å². The maximum Gasteiger partial charge on any atom is 0.169 e. The Hall–Kier alpha value is -1.99. The van der Waals surface area contributed by atoms with Gasteiger partial charge in [-0.3, -0.25) is 0 Å². The molecule has 0 aliphatic rings. The second-order valence-corrected chi connectivity index (χ2v) is 9.16. The average Bonchev–Trinajstić information content (AvgIpc) is 2.58. The van der Waals surface area contributed by atoms with Gasteiger partial charge in [0.15, 0.2) is 14.7 Å². The summed E-state index contributed by atoms with van der Waals surface area (Å²) in [6.45, 7) is 9.07. The minimum absolute atomic E-state index is 0.0613.